The van der Waals surface area contributed by atoms with Crippen molar-refractivity contribution in [1.29, 1.82) is 0 Å². The van der Waals surface area contributed by atoms with Crippen molar-refractivity contribution < 1.29 is 14.3 Å². The predicted molar refractivity (Wildman–Crippen MR) is 102 cm³/mol. The number of ether oxygens (including phenoxy) is 1. The summed E-state index contributed by atoms with van der Waals surface area (Å²) in [6.45, 7) is 3.34. The third kappa shape index (κ3) is 4.79. The van der Waals surface area contributed by atoms with Gasteiger partial charge in [-0.15, -0.1) is 11.3 Å². The monoisotopic (exact) mass is 370 g/mol. The van der Waals surface area contributed by atoms with Crippen molar-refractivity contribution in [3.8, 4) is 0 Å². The average molecular weight is 370 g/mol. The van der Waals surface area contributed by atoms with Gasteiger partial charge in [-0.2, -0.15) is 0 Å². The summed E-state index contributed by atoms with van der Waals surface area (Å²) in [5.41, 5.74) is 1.40. The highest BCUT2D eigenvalue weighted by Gasteiger charge is 2.29. The van der Waals surface area contributed by atoms with E-state index in [0.717, 1.165) is 24.3 Å². The van der Waals surface area contributed by atoms with E-state index < -0.39 is 12.1 Å². The standard InChI is InChI=1S/C20H22N2O3S/c1-15-21-17(14-26-15)10-11-18(23)25-19(16-8-4-2-5-9-16)20(24)22-12-6-3-7-13-22/h2,4-5,8-11,14,19H,3,6-7,12-13H2,1H3/b11-10+. The number of piperidine rings is 1. The lowest BCUT2D eigenvalue weighted by molar-refractivity contribution is -0.157. The minimum Gasteiger partial charge on any atom is -0.444 e. The molecular formula is C20H22N2O3S. The summed E-state index contributed by atoms with van der Waals surface area (Å²) >= 11 is 1.52. The highest BCUT2D eigenvalue weighted by molar-refractivity contribution is 7.09. The van der Waals surface area contributed by atoms with Crippen LogP contribution >= 0.6 is 11.3 Å². The first-order valence-electron chi connectivity index (χ1n) is 8.78. The summed E-state index contributed by atoms with van der Waals surface area (Å²) in [7, 11) is 0. The van der Waals surface area contributed by atoms with Crippen LogP contribution in [0.4, 0.5) is 0 Å². The van der Waals surface area contributed by atoms with Crippen LogP contribution in [0.5, 0.6) is 0 Å². The maximum Gasteiger partial charge on any atom is 0.331 e. The summed E-state index contributed by atoms with van der Waals surface area (Å²) in [6, 6.07) is 9.18. The molecule has 0 bridgehead atoms. The van der Waals surface area contributed by atoms with Crippen LogP contribution in [0, 0.1) is 6.92 Å². The molecule has 5 nitrogen and oxygen atoms in total. The maximum absolute atomic E-state index is 12.9. The molecule has 6 heteroatoms. The van der Waals surface area contributed by atoms with Crippen LogP contribution in [0.1, 0.15) is 41.6 Å². The fourth-order valence-electron chi connectivity index (χ4n) is 2.93. The van der Waals surface area contributed by atoms with Crippen LogP contribution in [0.25, 0.3) is 6.08 Å². The number of likely N-dealkylation sites (tertiary alicyclic amines) is 1. The van der Waals surface area contributed by atoms with E-state index in [2.05, 4.69) is 4.98 Å². The van der Waals surface area contributed by atoms with E-state index in [9.17, 15) is 9.59 Å². The number of hydrogen-bond acceptors (Lipinski definition) is 5. The molecule has 0 radical (unpaired) electrons. The van der Waals surface area contributed by atoms with Gasteiger partial charge in [0.15, 0.2) is 0 Å². The Morgan fingerprint density at radius 3 is 2.58 bits per heavy atom. The Morgan fingerprint density at radius 2 is 1.92 bits per heavy atom. The van der Waals surface area contributed by atoms with Gasteiger partial charge in [0, 0.05) is 30.1 Å². The molecule has 1 fully saturated rings. The molecule has 0 saturated carbocycles. The number of esters is 1. The number of hydrogen-bond donors (Lipinski definition) is 0. The summed E-state index contributed by atoms with van der Waals surface area (Å²) < 4.78 is 5.54. The van der Waals surface area contributed by atoms with Crippen molar-refractivity contribution in [2.45, 2.75) is 32.3 Å². The second kappa shape index (κ2) is 8.76. The minimum atomic E-state index is -0.913. The van der Waals surface area contributed by atoms with E-state index in [1.807, 2.05) is 42.6 Å². The minimum absolute atomic E-state index is 0.151. The summed E-state index contributed by atoms with van der Waals surface area (Å²) in [4.78, 5) is 31.3. The Labute approximate surface area is 157 Å². The molecule has 1 aliphatic heterocycles. The lowest BCUT2D eigenvalue weighted by Crippen LogP contribution is -2.40. The molecule has 1 aromatic heterocycles. The smallest absolute Gasteiger partial charge is 0.331 e. The van der Waals surface area contributed by atoms with Gasteiger partial charge in [0.25, 0.3) is 5.91 Å². The fourth-order valence-corrected chi connectivity index (χ4v) is 3.52. The molecule has 1 aromatic carbocycles. The molecule has 26 heavy (non-hydrogen) atoms. The van der Waals surface area contributed by atoms with Crippen LogP contribution in [0.15, 0.2) is 41.8 Å². The number of aryl methyl sites for hydroxylation is 1. The second-order valence-electron chi connectivity index (χ2n) is 6.24. The summed E-state index contributed by atoms with van der Waals surface area (Å²) in [5, 5.41) is 2.80. The van der Waals surface area contributed by atoms with Gasteiger partial charge in [-0.25, -0.2) is 9.78 Å². The number of rotatable bonds is 5. The van der Waals surface area contributed by atoms with E-state index in [1.54, 1.807) is 11.0 Å². The molecule has 2 aromatic rings. The topological polar surface area (TPSA) is 59.5 Å². The van der Waals surface area contributed by atoms with Crippen LogP contribution in [0.3, 0.4) is 0 Å². The Morgan fingerprint density at radius 1 is 1.19 bits per heavy atom. The molecule has 1 aliphatic rings. The number of amides is 1. The Hall–Kier alpha value is -2.47. The van der Waals surface area contributed by atoms with Crippen LogP contribution < -0.4 is 0 Å². The molecule has 2 heterocycles. The normalized spacial score (nSPS) is 15.8. The first-order valence-corrected chi connectivity index (χ1v) is 9.66. The Balaban J connectivity index is 1.73. The number of nitrogens with zero attached hydrogens (tertiary/aromatic N) is 2. The van der Waals surface area contributed by atoms with E-state index in [1.165, 1.54) is 17.4 Å². The second-order valence-corrected chi connectivity index (χ2v) is 7.30. The average Bonchev–Trinajstić information content (AvgIpc) is 3.10. The quantitative estimate of drug-likeness (QED) is 0.594. The molecule has 0 aliphatic carbocycles. The number of benzene rings is 1. The van der Waals surface area contributed by atoms with E-state index in [4.69, 9.17) is 4.74 Å². The lowest BCUT2D eigenvalue weighted by Gasteiger charge is -2.30. The van der Waals surface area contributed by atoms with Crippen LogP contribution in [-0.2, 0) is 14.3 Å². The zero-order valence-electron chi connectivity index (χ0n) is 14.8. The SMILES string of the molecule is Cc1nc(/C=C/C(=O)OC(C(=O)N2CCCCC2)c2ccccc2)cs1. The molecule has 0 spiro atoms. The highest BCUT2D eigenvalue weighted by atomic mass is 32.1. The van der Waals surface area contributed by atoms with E-state index >= 15 is 0 Å². The van der Waals surface area contributed by atoms with Crippen LogP contribution in [-0.4, -0.2) is 34.8 Å². The third-order valence-corrected chi connectivity index (χ3v) is 5.05. The number of thiazole rings is 1. The predicted octanol–water partition coefficient (Wildman–Crippen LogP) is 3.76. The molecule has 3 rings (SSSR count). The molecule has 1 saturated heterocycles. The van der Waals surface area contributed by atoms with Crippen molar-refractivity contribution in [3.63, 3.8) is 0 Å². The largest absolute Gasteiger partial charge is 0.444 e. The number of carbonyl (C=O) groups excluding carboxylic acids is 2. The Bertz CT molecular complexity index is 779. The molecular weight excluding hydrogens is 348 g/mol. The number of carbonyl (C=O) groups is 2. The van der Waals surface area contributed by atoms with Gasteiger partial charge in [0.1, 0.15) is 0 Å². The third-order valence-electron chi connectivity index (χ3n) is 4.26. The summed E-state index contributed by atoms with van der Waals surface area (Å²) in [6.07, 6.45) is 5.14. The maximum atomic E-state index is 12.9. The van der Waals surface area contributed by atoms with Crippen molar-refractivity contribution in [1.82, 2.24) is 9.88 Å². The molecule has 136 valence electrons. The van der Waals surface area contributed by atoms with Crippen LogP contribution in [0.2, 0.25) is 0 Å². The van der Waals surface area contributed by atoms with Gasteiger partial charge in [-0.1, -0.05) is 30.3 Å². The molecule has 1 unspecified atom stereocenters. The first kappa shape index (κ1) is 18.3. The van der Waals surface area contributed by atoms with Crippen molar-refractivity contribution in [2.24, 2.45) is 0 Å². The van der Waals surface area contributed by atoms with Gasteiger partial charge in [-0.3, -0.25) is 4.79 Å². The number of aromatic nitrogens is 1. The lowest BCUT2D eigenvalue weighted by atomic mass is 10.1. The van der Waals surface area contributed by atoms with E-state index in [-0.39, 0.29) is 5.91 Å². The van der Waals surface area contributed by atoms with Crippen molar-refractivity contribution in [3.05, 3.63) is 58.1 Å². The molecule has 1 atom stereocenters. The highest BCUT2D eigenvalue weighted by Crippen LogP contribution is 2.23. The van der Waals surface area contributed by atoms with Gasteiger partial charge < -0.3 is 9.64 Å². The van der Waals surface area contributed by atoms with Gasteiger partial charge in [0.2, 0.25) is 6.10 Å². The van der Waals surface area contributed by atoms with Gasteiger partial charge in [-0.05, 0) is 32.3 Å². The fraction of sp³-hybridized carbons (Fsp3) is 0.350. The zero-order chi connectivity index (χ0) is 18.4. The Kier molecular flexibility index (Phi) is 6.17. The van der Waals surface area contributed by atoms with Gasteiger partial charge >= 0.3 is 5.97 Å². The van der Waals surface area contributed by atoms with Crippen molar-refractivity contribution >= 4 is 29.3 Å². The van der Waals surface area contributed by atoms with Gasteiger partial charge in [0.05, 0.1) is 10.7 Å². The molecule has 0 N–H and O–H groups in total. The summed E-state index contributed by atoms with van der Waals surface area (Å²) in [5.74, 6) is -0.697. The molecule has 1 amide bonds. The van der Waals surface area contributed by atoms with E-state index in [0.29, 0.717) is 24.3 Å². The first-order chi connectivity index (χ1) is 12.6. The van der Waals surface area contributed by atoms with Crippen molar-refractivity contribution in [2.75, 3.05) is 13.1 Å². The zero-order valence-corrected chi connectivity index (χ0v) is 15.6.